The zero-order chi connectivity index (χ0) is 11.4. The van der Waals surface area contributed by atoms with E-state index in [0.29, 0.717) is 12.1 Å². The Labute approximate surface area is 99.5 Å². The predicted octanol–water partition coefficient (Wildman–Crippen LogP) is 1.49. The van der Waals surface area contributed by atoms with Gasteiger partial charge < -0.3 is 15.0 Å². The van der Waals surface area contributed by atoms with Crippen molar-refractivity contribution in [3.05, 3.63) is 0 Å². The van der Waals surface area contributed by atoms with E-state index in [9.17, 15) is 0 Å². The highest BCUT2D eigenvalue weighted by Gasteiger charge is 2.28. The minimum absolute atomic E-state index is 0.522. The van der Waals surface area contributed by atoms with Crippen LogP contribution < -0.4 is 5.32 Å². The van der Waals surface area contributed by atoms with Gasteiger partial charge in [-0.3, -0.25) is 0 Å². The molecule has 2 aliphatic rings. The van der Waals surface area contributed by atoms with E-state index in [4.69, 9.17) is 4.74 Å². The summed E-state index contributed by atoms with van der Waals surface area (Å²) in [5.74, 6) is 0.943. The fourth-order valence-corrected chi connectivity index (χ4v) is 2.64. The quantitative estimate of drug-likeness (QED) is 0.768. The van der Waals surface area contributed by atoms with E-state index in [1.807, 2.05) is 7.11 Å². The number of rotatable bonds is 5. The summed E-state index contributed by atoms with van der Waals surface area (Å²) < 4.78 is 5.27. The van der Waals surface area contributed by atoms with Gasteiger partial charge in [-0.25, -0.2) is 0 Å². The third-order valence-electron chi connectivity index (χ3n) is 4.17. The second-order valence-electron chi connectivity index (χ2n) is 5.50. The van der Waals surface area contributed by atoms with Gasteiger partial charge in [0.1, 0.15) is 0 Å². The lowest BCUT2D eigenvalue weighted by Gasteiger charge is -2.36. The lowest BCUT2D eigenvalue weighted by molar-refractivity contribution is 0.0167. The van der Waals surface area contributed by atoms with Crippen LogP contribution in [0, 0.1) is 5.92 Å². The molecular formula is C13H26N2O. The number of likely N-dealkylation sites (tertiary alicyclic amines) is 1. The van der Waals surface area contributed by atoms with Crippen molar-refractivity contribution in [1.29, 1.82) is 0 Å². The minimum atomic E-state index is 0.522. The Bertz CT molecular complexity index is 196. The monoisotopic (exact) mass is 226 g/mol. The van der Waals surface area contributed by atoms with Crippen molar-refractivity contribution in [2.24, 2.45) is 5.92 Å². The van der Waals surface area contributed by atoms with E-state index in [1.165, 1.54) is 45.3 Å². The number of hydrogen-bond donors (Lipinski definition) is 1. The molecule has 0 atom stereocenters. The fraction of sp³-hybridized carbons (Fsp3) is 1.00. The highest BCUT2D eigenvalue weighted by Crippen LogP contribution is 2.22. The molecule has 1 saturated heterocycles. The summed E-state index contributed by atoms with van der Waals surface area (Å²) in [4.78, 5) is 2.60. The number of nitrogens with zero attached hydrogens (tertiary/aromatic N) is 1. The molecule has 0 amide bonds. The van der Waals surface area contributed by atoms with Crippen LogP contribution in [-0.2, 0) is 4.74 Å². The second-order valence-corrected chi connectivity index (χ2v) is 5.50. The zero-order valence-electron chi connectivity index (χ0n) is 10.7. The summed E-state index contributed by atoms with van der Waals surface area (Å²) in [5.41, 5.74) is 0. The summed E-state index contributed by atoms with van der Waals surface area (Å²) in [6.45, 7) is 7.34. The van der Waals surface area contributed by atoms with Gasteiger partial charge in [0, 0.05) is 26.2 Å². The normalized spacial score (nSPS) is 32.6. The van der Waals surface area contributed by atoms with Gasteiger partial charge in [-0.15, -0.1) is 0 Å². The van der Waals surface area contributed by atoms with Gasteiger partial charge in [-0.1, -0.05) is 6.92 Å². The predicted molar refractivity (Wildman–Crippen MR) is 66.7 cm³/mol. The maximum Gasteiger partial charge on any atom is 0.0601 e. The third kappa shape index (κ3) is 3.44. The van der Waals surface area contributed by atoms with Crippen molar-refractivity contribution < 1.29 is 4.74 Å². The Morgan fingerprint density at radius 1 is 1.25 bits per heavy atom. The lowest BCUT2D eigenvalue weighted by Crippen LogP contribution is -2.47. The SMILES string of the molecule is COC1CC(NCCN2CCC(C)CC2)C1. The summed E-state index contributed by atoms with van der Waals surface area (Å²) in [5, 5.41) is 3.62. The molecule has 1 saturated carbocycles. The van der Waals surface area contributed by atoms with Crippen LogP contribution in [0.25, 0.3) is 0 Å². The van der Waals surface area contributed by atoms with Crippen LogP contribution in [0.1, 0.15) is 32.6 Å². The summed E-state index contributed by atoms with van der Waals surface area (Å²) in [6.07, 6.45) is 5.69. The van der Waals surface area contributed by atoms with Crippen LogP contribution >= 0.6 is 0 Å². The zero-order valence-corrected chi connectivity index (χ0v) is 10.7. The highest BCUT2D eigenvalue weighted by molar-refractivity contribution is 4.85. The molecule has 0 spiro atoms. The Morgan fingerprint density at radius 2 is 1.94 bits per heavy atom. The molecule has 1 heterocycles. The van der Waals surface area contributed by atoms with Crippen LogP contribution in [-0.4, -0.2) is 50.3 Å². The van der Waals surface area contributed by atoms with Gasteiger partial charge in [0.15, 0.2) is 0 Å². The van der Waals surface area contributed by atoms with E-state index in [0.717, 1.165) is 12.5 Å². The van der Waals surface area contributed by atoms with E-state index in [1.54, 1.807) is 0 Å². The molecule has 0 aromatic carbocycles. The van der Waals surface area contributed by atoms with Crippen molar-refractivity contribution in [3.8, 4) is 0 Å². The van der Waals surface area contributed by atoms with Crippen molar-refractivity contribution in [1.82, 2.24) is 10.2 Å². The van der Waals surface area contributed by atoms with Crippen molar-refractivity contribution in [3.63, 3.8) is 0 Å². The van der Waals surface area contributed by atoms with Crippen LogP contribution in [0.5, 0.6) is 0 Å². The van der Waals surface area contributed by atoms with Crippen LogP contribution in [0.3, 0.4) is 0 Å². The molecule has 16 heavy (non-hydrogen) atoms. The smallest absolute Gasteiger partial charge is 0.0601 e. The summed E-state index contributed by atoms with van der Waals surface area (Å²) >= 11 is 0. The van der Waals surface area contributed by atoms with Gasteiger partial charge in [0.05, 0.1) is 6.10 Å². The van der Waals surface area contributed by atoms with Crippen molar-refractivity contribution in [2.75, 3.05) is 33.3 Å². The first-order valence-corrected chi connectivity index (χ1v) is 6.76. The number of nitrogens with one attached hydrogen (secondary N) is 1. The third-order valence-corrected chi connectivity index (χ3v) is 4.17. The highest BCUT2D eigenvalue weighted by atomic mass is 16.5. The molecule has 0 aromatic heterocycles. The molecule has 3 nitrogen and oxygen atoms in total. The van der Waals surface area contributed by atoms with E-state index >= 15 is 0 Å². The average molecular weight is 226 g/mol. The van der Waals surface area contributed by atoms with Crippen molar-refractivity contribution >= 4 is 0 Å². The maximum absolute atomic E-state index is 5.27. The van der Waals surface area contributed by atoms with E-state index in [-0.39, 0.29) is 0 Å². The molecule has 1 aliphatic heterocycles. The molecule has 94 valence electrons. The summed E-state index contributed by atoms with van der Waals surface area (Å²) in [7, 11) is 1.82. The molecule has 0 bridgehead atoms. The average Bonchev–Trinajstić information content (AvgIpc) is 2.24. The lowest BCUT2D eigenvalue weighted by atomic mass is 9.89. The number of piperidine rings is 1. The molecule has 0 aromatic rings. The Morgan fingerprint density at radius 3 is 2.56 bits per heavy atom. The first-order chi connectivity index (χ1) is 7.78. The second kappa shape index (κ2) is 5.99. The summed E-state index contributed by atoms with van der Waals surface area (Å²) in [6, 6.07) is 0.716. The minimum Gasteiger partial charge on any atom is -0.381 e. The van der Waals surface area contributed by atoms with Crippen LogP contribution in [0.4, 0.5) is 0 Å². The molecule has 2 fully saturated rings. The van der Waals surface area contributed by atoms with E-state index in [2.05, 4.69) is 17.1 Å². The molecular weight excluding hydrogens is 200 g/mol. The standard InChI is InChI=1S/C13H26N2O/c1-11-3-6-15(7-4-11)8-5-14-12-9-13(10-12)16-2/h11-14H,3-10H2,1-2H3. The van der Waals surface area contributed by atoms with Gasteiger partial charge >= 0.3 is 0 Å². The van der Waals surface area contributed by atoms with Gasteiger partial charge in [0.2, 0.25) is 0 Å². The fourth-order valence-electron chi connectivity index (χ4n) is 2.64. The number of methoxy groups -OCH3 is 1. The Balaban J connectivity index is 1.49. The largest absolute Gasteiger partial charge is 0.381 e. The van der Waals surface area contributed by atoms with Gasteiger partial charge in [-0.05, 0) is 44.7 Å². The molecule has 1 N–H and O–H groups in total. The molecule has 0 radical (unpaired) electrons. The van der Waals surface area contributed by atoms with Crippen molar-refractivity contribution in [2.45, 2.75) is 44.8 Å². The molecule has 0 unspecified atom stereocenters. The molecule has 1 aliphatic carbocycles. The van der Waals surface area contributed by atoms with Crippen LogP contribution in [0.2, 0.25) is 0 Å². The Kier molecular flexibility index (Phi) is 4.62. The maximum atomic E-state index is 5.27. The Hall–Kier alpha value is -0.120. The topological polar surface area (TPSA) is 24.5 Å². The number of hydrogen-bond acceptors (Lipinski definition) is 3. The van der Waals surface area contributed by atoms with Gasteiger partial charge in [0.25, 0.3) is 0 Å². The molecule has 2 rings (SSSR count). The van der Waals surface area contributed by atoms with E-state index < -0.39 is 0 Å². The van der Waals surface area contributed by atoms with Gasteiger partial charge in [-0.2, -0.15) is 0 Å². The first-order valence-electron chi connectivity index (χ1n) is 6.76. The number of ether oxygens (including phenoxy) is 1. The first kappa shape index (κ1) is 12.3. The molecule has 3 heteroatoms. The van der Waals surface area contributed by atoms with Crippen LogP contribution in [0.15, 0.2) is 0 Å².